The van der Waals surface area contributed by atoms with Crippen LogP contribution in [0.15, 0.2) is 45.9 Å². The van der Waals surface area contributed by atoms with Crippen LogP contribution < -0.4 is 17.0 Å². The van der Waals surface area contributed by atoms with Gasteiger partial charge in [0, 0.05) is 12.4 Å². The Bertz CT molecular complexity index is 850. The van der Waals surface area contributed by atoms with Crippen molar-refractivity contribution in [1.82, 2.24) is 20.0 Å². The molecule has 0 spiro atoms. The van der Waals surface area contributed by atoms with E-state index in [9.17, 15) is 9.59 Å². The predicted octanol–water partition coefficient (Wildman–Crippen LogP) is 0.0363. The van der Waals surface area contributed by atoms with E-state index in [1.54, 1.807) is 30.5 Å². The quantitative estimate of drug-likeness (QED) is 0.398. The number of carbonyl (C=O) groups excluding carboxylic acids is 1. The van der Waals surface area contributed by atoms with Gasteiger partial charge in [0.25, 0.3) is 5.91 Å². The zero-order chi connectivity index (χ0) is 14.8. The molecule has 21 heavy (non-hydrogen) atoms. The van der Waals surface area contributed by atoms with Gasteiger partial charge in [0.05, 0.1) is 17.8 Å². The molecule has 0 radical (unpaired) electrons. The maximum Gasteiger partial charge on any atom is 0.421 e. The first-order chi connectivity index (χ1) is 10.2. The van der Waals surface area contributed by atoms with E-state index in [-0.39, 0.29) is 6.54 Å². The molecule has 8 heteroatoms. The molecule has 3 aromatic heterocycles. The lowest BCUT2D eigenvalue weighted by molar-refractivity contribution is 0.0953. The summed E-state index contributed by atoms with van der Waals surface area (Å²) < 4.78 is 6.46. The SMILES string of the molecule is NNC(=O)c1ccc(Cn2c(=O)oc3cccnc32)nc1. The molecule has 0 saturated heterocycles. The third-order valence-electron chi connectivity index (χ3n) is 2.96. The first-order valence-electron chi connectivity index (χ1n) is 6.09. The molecule has 0 fully saturated rings. The van der Waals surface area contributed by atoms with E-state index in [1.165, 1.54) is 10.8 Å². The lowest BCUT2D eigenvalue weighted by Gasteiger charge is -2.03. The molecule has 3 rings (SSSR count). The second-order valence-electron chi connectivity index (χ2n) is 4.29. The molecule has 1 amide bonds. The molecule has 0 aliphatic heterocycles. The van der Waals surface area contributed by atoms with Crippen molar-refractivity contribution in [3.63, 3.8) is 0 Å². The summed E-state index contributed by atoms with van der Waals surface area (Å²) in [6.45, 7) is 0.202. The largest absolute Gasteiger partial charge is 0.421 e. The molecule has 0 aliphatic carbocycles. The van der Waals surface area contributed by atoms with Crippen molar-refractivity contribution < 1.29 is 9.21 Å². The molecule has 3 N–H and O–H groups in total. The molecule has 8 nitrogen and oxygen atoms in total. The van der Waals surface area contributed by atoms with Gasteiger partial charge < -0.3 is 4.42 Å². The predicted molar refractivity (Wildman–Crippen MR) is 73.3 cm³/mol. The Morgan fingerprint density at radius 1 is 1.33 bits per heavy atom. The third kappa shape index (κ3) is 2.39. The highest BCUT2D eigenvalue weighted by Crippen LogP contribution is 2.10. The average molecular weight is 285 g/mol. The van der Waals surface area contributed by atoms with Crippen LogP contribution in [-0.2, 0) is 6.54 Å². The molecular formula is C13H11N5O3. The topological polar surface area (TPSA) is 116 Å². The average Bonchev–Trinajstić information content (AvgIpc) is 2.83. The highest BCUT2D eigenvalue weighted by Gasteiger charge is 2.11. The van der Waals surface area contributed by atoms with Crippen molar-refractivity contribution in [2.24, 2.45) is 5.84 Å². The van der Waals surface area contributed by atoms with Gasteiger partial charge in [0.1, 0.15) is 0 Å². The minimum Gasteiger partial charge on any atom is -0.406 e. The smallest absolute Gasteiger partial charge is 0.406 e. The van der Waals surface area contributed by atoms with Gasteiger partial charge in [-0.1, -0.05) is 0 Å². The summed E-state index contributed by atoms with van der Waals surface area (Å²) in [5.74, 6) is 4.11. The Morgan fingerprint density at radius 3 is 2.90 bits per heavy atom. The number of hydrogen-bond donors (Lipinski definition) is 2. The highest BCUT2D eigenvalue weighted by molar-refractivity contribution is 5.93. The number of fused-ring (bicyclic) bond motifs is 1. The summed E-state index contributed by atoms with van der Waals surface area (Å²) in [5, 5.41) is 0. The van der Waals surface area contributed by atoms with E-state index in [4.69, 9.17) is 10.3 Å². The second-order valence-corrected chi connectivity index (χ2v) is 4.29. The first-order valence-corrected chi connectivity index (χ1v) is 6.09. The Kier molecular flexibility index (Phi) is 3.20. The fourth-order valence-electron chi connectivity index (χ4n) is 1.94. The summed E-state index contributed by atoms with van der Waals surface area (Å²) >= 11 is 0. The number of nitrogens with two attached hydrogens (primary N) is 1. The molecule has 0 aliphatic rings. The summed E-state index contributed by atoms with van der Waals surface area (Å²) in [5.41, 5.74) is 3.82. The van der Waals surface area contributed by atoms with Gasteiger partial charge in [0.2, 0.25) is 0 Å². The van der Waals surface area contributed by atoms with Crippen LogP contribution in [0.4, 0.5) is 0 Å². The number of nitrogens with one attached hydrogen (secondary N) is 1. The fourth-order valence-corrected chi connectivity index (χ4v) is 1.94. The van der Waals surface area contributed by atoms with Crippen LogP contribution >= 0.6 is 0 Å². The van der Waals surface area contributed by atoms with Crippen LogP contribution in [0.3, 0.4) is 0 Å². The van der Waals surface area contributed by atoms with Gasteiger partial charge in [0.15, 0.2) is 11.2 Å². The van der Waals surface area contributed by atoms with Gasteiger partial charge in [-0.25, -0.2) is 15.6 Å². The zero-order valence-corrected chi connectivity index (χ0v) is 10.8. The van der Waals surface area contributed by atoms with E-state index in [0.29, 0.717) is 22.5 Å². The standard InChI is InChI=1S/C13H11N5O3/c14-17-12(19)8-3-4-9(16-6-8)7-18-11-10(21-13(18)20)2-1-5-15-11/h1-6H,7,14H2,(H,17,19). The van der Waals surface area contributed by atoms with Crippen molar-refractivity contribution in [3.05, 3.63) is 58.5 Å². The van der Waals surface area contributed by atoms with Crippen molar-refractivity contribution in [1.29, 1.82) is 0 Å². The highest BCUT2D eigenvalue weighted by atomic mass is 16.4. The third-order valence-corrected chi connectivity index (χ3v) is 2.96. The second kappa shape index (κ2) is 5.17. The first kappa shape index (κ1) is 13.0. The van der Waals surface area contributed by atoms with Crippen molar-refractivity contribution >= 4 is 17.1 Å². The summed E-state index contributed by atoms with van der Waals surface area (Å²) in [7, 11) is 0. The number of pyridine rings is 2. The van der Waals surface area contributed by atoms with Gasteiger partial charge in [-0.15, -0.1) is 0 Å². The van der Waals surface area contributed by atoms with Crippen LogP contribution in [-0.4, -0.2) is 20.4 Å². The normalized spacial score (nSPS) is 10.7. The minimum absolute atomic E-state index is 0.202. The number of nitrogen functional groups attached to an aromatic ring is 1. The van der Waals surface area contributed by atoms with E-state index in [1.807, 2.05) is 5.43 Å². The van der Waals surface area contributed by atoms with Crippen LogP contribution in [0.25, 0.3) is 11.2 Å². The number of hydrazine groups is 1. The van der Waals surface area contributed by atoms with E-state index >= 15 is 0 Å². The van der Waals surface area contributed by atoms with Crippen LogP contribution in [0.5, 0.6) is 0 Å². The van der Waals surface area contributed by atoms with Crippen molar-refractivity contribution in [2.45, 2.75) is 6.54 Å². The minimum atomic E-state index is -0.505. The maximum atomic E-state index is 11.8. The van der Waals surface area contributed by atoms with E-state index in [0.717, 1.165) is 0 Å². The molecule has 106 valence electrons. The number of aromatic nitrogens is 3. The molecule has 3 aromatic rings. The number of carbonyl (C=O) groups is 1. The van der Waals surface area contributed by atoms with Gasteiger partial charge in [-0.3, -0.25) is 19.8 Å². The van der Waals surface area contributed by atoms with Gasteiger partial charge in [-0.2, -0.15) is 0 Å². The Labute approximate surface area is 118 Å². The van der Waals surface area contributed by atoms with E-state index < -0.39 is 11.7 Å². The number of amides is 1. The lowest BCUT2D eigenvalue weighted by atomic mass is 10.2. The van der Waals surface area contributed by atoms with Gasteiger partial charge >= 0.3 is 5.76 Å². The maximum absolute atomic E-state index is 11.8. The summed E-state index contributed by atoms with van der Waals surface area (Å²) in [4.78, 5) is 31.4. The lowest BCUT2D eigenvalue weighted by Crippen LogP contribution is -2.30. The summed E-state index contributed by atoms with van der Waals surface area (Å²) in [6.07, 6.45) is 2.97. The number of rotatable bonds is 3. The van der Waals surface area contributed by atoms with Crippen LogP contribution in [0.2, 0.25) is 0 Å². The Hall–Kier alpha value is -3.00. The Balaban J connectivity index is 1.94. The van der Waals surface area contributed by atoms with Crippen LogP contribution in [0.1, 0.15) is 16.1 Å². The molecule has 0 bridgehead atoms. The summed E-state index contributed by atoms with van der Waals surface area (Å²) in [6, 6.07) is 6.57. The van der Waals surface area contributed by atoms with E-state index in [2.05, 4.69) is 9.97 Å². The van der Waals surface area contributed by atoms with Crippen molar-refractivity contribution in [2.75, 3.05) is 0 Å². The Morgan fingerprint density at radius 2 is 2.19 bits per heavy atom. The molecule has 0 unspecified atom stereocenters. The molecule has 3 heterocycles. The van der Waals surface area contributed by atoms with Crippen molar-refractivity contribution in [3.8, 4) is 0 Å². The number of nitrogens with zero attached hydrogens (tertiary/aromatic N) is 3. The fraction of sp³-hybridized carbons (Fsp3) is 0.0769. The molecular weight excluding hydrogens is 274 g/mol. The van der Waals surface area contributed by atoms with Crippen LogP contribution in [0, 0.1) is 0 Å². The zero-order valence-electron chi connectivity index (χ0n) is 10.8. The molecule has 0 saturated carbocycles. The molecule has 0 aromatic carbocycles. The monoisotopic (exact) mass is 285 g/mol. The van der Waals surface area contributed by atoms with Gasteiger partial charge in [-0.05, 0) is 24.3 Å². The number of hydrogen-bond acceptors (Lipinski definition) is 6. The number of oxazole rings is 1. The molecule has 0 atom stereocenters.